The van der Waals surface area contributed by atoms with E-state index in [-0.39, 0.29) is 12.2 Å². The topological polar surface area (TPSA) is 88.4 Å². The number of thiazole rings is 1. The summed E-state index contributed by atoms with van der Waals surface area (Å²) in [5.74, 6) is 1.20. The number of allylic oxidation sites excluding steroid dienone is 1. The van der Waals surface area contributed by atoms with Gasteiger partial charge in [0, 0.05) is 5.56 Å². The number of fused-ring (bicyclic) bond motifs is 1. The maximum absolute atomic E-state index is 14.1. The normalized spacial score (nSPS) is 14.7. The Hall–Kier alpha value is -4.63. The minimum Gasteiger partial charge on any atom is -0.493 e. The summed E-state index contributed by atoms with van der Waals surface area (Å²) in [7, 11) is 1.57. The van der Waals surface area contributed by atoms with Gasteiger partial charge in [-0.15, -0.1) is 0 Å². The molecule has 0 saturated carbocycles. The average molecular weight is 585 g/mol. The number of para-hydroxylation sites is 1. The van der Waals surface area contributed by atoms with Crippen LogP contribution in [-0.2, 0) is 16.1 Å². The van der Waals surface area contributed by atoms with Gasteiger partial charge in [-0.2, -0.15) is 0 Å². The molecule has 0 unspecified atom stereocenters. The molecule has 8 nitrogen and oxygen atoms in total. The zero-order chi connectivity index (χ0) is 29.6. The number of aromatic nitrogens is 1. The number of nitrogens with zero attached hydrogens (tertiary/aromatic N) is 2. The molecule has 1 aliphatic rings. The molecule has 5 rings (SSSR count). The lowest BCUT2D eigenvalue weighted by Gasteiger charge is -2.25. The SMILES string of the molecule is CCOC(=O)C1=C(C)N=c2s/c(=C/c3ccccc3OCc3ccccc3)c(=O)n2[C@H]1c1ccc(OC)c(OCC)c1. The van der Waals surface area contributed by atoms with E-state index >= 15 is 0 Å². The molecule has 4 aromatic rings. The fourth-order valence-corrected chi connectivity index (χ4v) is 5.88. The fraction of sp³-hybridized carbons (Fsp3) is 0.242. The van der Waals surface area contributed by atoms with Crippen molar-refractivity contribution >= 4 is 23.4 Å². The second-order valence-electron chi connectivity index (χ2n) is 9.46. The van der Waals surface area contributed by atoms with Crippen LogP contribution in [0.4, 0.5) is 0 Å². The summed E-state index contributed by atoms with van der Waals surface area (Å²) >= 11 is 1.26. The van der Waals surface area contributed by atoms with E-state index in [1.807, 2.05) is 73.7 Å². The Morgan fingerprint density at radius 1 is 0.952 bits per heavy atom. The molecule has 42 heavy (non-hydrogen) atoms. The van der Waals surface area contributed by atoms with Crippen LogP contribution in [0.25, 0.3) is 6.08 Å². The lowest BCUT2D eigenvalue weighted by Crippen LogP contribution is -2.40. The van der Waals surface area contributed by atoms with Crippen molar-refractivity contribution in [2.75, 3.05) is 20.3 Å². The molecule has 0 fully saturated rings. The number of esters is 1. The molecular formula is C33H32N2O6S. The Morgan fingerprint density at radius 3 is 2.45 bits per heavy atom. The standard InChI is InChI=1S/C33H32N2O6S/c1-5-39-27-18-24(16-17-26(27)38-4)30-29(32(37)40-6-2)21(3)34-33-35(30)31(36)28(42-33)19-23-14-10-11-15-25(23)41-20-22-12-8-7-9-13-22/h7-19,30H,5-6,20H2,1-4H3/b28-19+/t30-/m0/s1. The van der Waals surface area contributed by atoms with E-state index in [0.717, 1.165) is 11.1 Å². The first-order chi connectivity index (χ1) is 20.4. The van der Waals surface area contributed by atoms with Crippen LogP contribution < -0.4 is 29.1 Å². The van der Waals surface area contributed by atoms with Gasteiger partial charge in [-0.05, 0) is 56.2 Å². The Labute approximate surface area is 247 Å². The largest absolute Gasteiger partial charge is 0.493 e. The Balaban J connectivity index is 1.63. The van der Waals surface area contributed by atoms with Crippen LogP contribution in [0, 0.1) is 0 Å². The van der Waals surface area contributed by atoms with Crippen molar-refractivity contribution in [2.45, 2.75) is 33.4 Å². The fourth-order valence-electron chi connectivity index (χ4n) is 4.85. The van der Waals surface area contributed by atoms with Crippen molar-refractivity contribution < 1.29 is 23.7 Å². The van der Waals surface area contributed by atoms with Gasteiger partial charge in [0.05, 0.1) is 42.2 Å². The Bertz CT molecular complexity index is 1810. The van der Waals surface area contributed by atoms with Crippen LogP contribution in [0.3, 0.4) is 0 Å². The number of hydrogen-bond donors (Lipinski definition) is 0. The van der Waals surface area contributed by atoms with Crippen LogP contribution in [0.1, 0.15) is 43.5 Å². The minimum atomic E-state index is -0.767. The van der Waals surface area contributed by atoms with E-state index < -0.39 is 12.0 Å². The van der Waals surface area contributed by atoms with E-state index in [4.69, 9.17) is 18.9 Å². The first-order valence-electron chi connectivity index (χ1n) is 13.7. The van der Waals surface area contributed by atoms with Crippen LogP contribution in [0.5, 0.6) is 17.2 Å². The Kier molecular flexibility index (Phi) is 8.88. The van der Waals surface area contributed by atoms with Crippen molar-refractivity contribution in [1.29, 1.82) is 0 Å². The highest BCUT2D eigenvalue weighted by Gasteiger charge is 2.34. The van der Waals surface area contributed by atoms with Crippen LogP contribution in [0.2, 0.25) is 0 Å². The molecule has 1 aromatic heterocycles. The summed E-state index contributed by atoms with van der Waals surface area (Å²) in [4.78, 5) is 32.5. The van der Waals surface area contributed by atoms with E-state index in [1.165, 1.54) is 11.3 Å². The lowest BCUT2D eigenvalue weighted by atomic mass is 9.95. The average Bonchev–Trinajstić information content (AvgIpc) is 3.30. The monoisotopic (exact) mass is 584 g/mol. The molecule has 0 radical (unpaired) electrons. The van der Waals surface area contributed by atoms with Gasteiger partial charge in [-0.25, -0.2) is 9.79 Å². The number of carbonyl (C=O) groups excluding carboxylic acids is 1. The van der Waals surface area contributed by atoms with Crippen molar-refractivity contribution in [1.82, 2.24) is 4.57 Å². The molecule has 2 heterocycles. The molecule has 3 aromatic carbocycles. The van der Waals surface area contributed by atoms with Gasteiger partial charge in [0.1, 0.15) is 12.4 Å². The van der Waals surface area contributed by atoms with Gasteiger partial charge in [0.25, 0.3) is 5.56 Å². The molecule has 1 aliphatic heterocycles. The smallest absolute Gasteiger partial charge is 0.338 e. The number of ether oxygens (including phenoxy) is 4. The molecule has 216 valence electrons. The molecule has 0 amide bonds. The van der Waals surface area contributed by atoms with Crippen LogP contribution in [-0.4, -0.2) is 30.9 Å². The Morgan fingerprint density at radius 2 is 1.71 bits per heavy atom. The van der Waals surface area contributed by atoms with Gasteiger partial charge in [0.2, 0.25) is 0 Å². The molecule has 0 bridgehead atoms. The van der Waals surface area contributed by atoms with Crippen molar-refractivity contribution in [3.8, 4) is 17.2 Å². The summed E-state index contributed by atoms with van der Waals surface area (Å²) in [6.07, 6.45) is 1.81. The van der Waals surface area contributed by atoms with Crippen molar-refractivity contribution in [3.05, 3.63) is 120 Å². The zero-order valence-electron chi connectivity index (χ0n) is 24.0. The molecule has 0 N–H and O–H groups in total. The zero-order valence-corrected chi connectivity index (χ0v) is 24.8. The summed E-state index contributed by atoms with van der Waals surface area (Å²) in [5, 5.41) is 0. The third-order valence-electron chi connectivity index (χ3n) is 6.76. The third-order valence-corrected chi connectivity index (χ3v) is 7.75. The van der Waals surface area contributed by atoms with Gasteiger partial charge in [-0.1, -0.05) is 65.9 Å². The maximum Gasteiger partial charge on any atom is 0.338 e. The van der Waals surface area contributed by atoms with Crippen molar-refractivity contribution in [2.24, 2.45) is 4.99 Å². The molecule has 1 atom stereocenters. The molecule has 9 heteroatoms. The highest BCUT2D eigenvalue weighted by Crippen LogP contribution is 2.36. The lowest BCUT2D eigenvalue weighted by molar-refractivity contribution is -0.139. The number of methoxy groups -OCH3 is 1. The minimum absolute atomic E-state index is 0.194. The maximum atomic E-state index is 14.1. The van der Waals surface area contributed by atoms with Crippen LogP contribution in [0.15, 0.2) is 93.9 Å². The highest BCUT2D eigenvalue weighted by molar-refractivity contribution is 7.07. The second kappa shape index (κ2) is 12.9. The first kappa shape index (κ1) is 28.9. The summed E-state index contributed by atoms with van der Waals surface area (Å²) in [6, 6.07) is 22.1. The molecule has 0 saturated heterocycles. The quantitative estimate of drug-likeness (QED) is 0.249. The number of benzene rings is 3. The second-order valence-corrected chi connectivity index (χ2v) is 10.5. The van der Waals surface area contributed by atoms with Gasteiger partial charge in [-0.3, -0.25) is 9.36 Å². The number of hydrogen-bond acceptors (Lipinski definition) is 8. The third kappa shape index (κ3) is 5.87. The molecular weight excluding hydrogens is 552 g/mol. The van der Waals surface area contributed by atoms with Crippen molar-refractivity contribution in [3.63, 3.8) is 0 Å². The van der Waals surface area contributed by atoms with Gasteiger partial charge >= 0.3 is 5.97 Å². The van der Waals surface area contributed by atoms with E-state index in [2.05, 4.69) is 4.99 Å². The summed E-state index contributed by atoms with van der Waals surface area (Å²) in [6.45, 7) is 6.40. The molecule has 0 spiro atoms. The van der Waals surface area contributed by atoms with E-state index in [0.29, 0.717) is 56.6 Å². The summed E-state index contributed by atoms with van der Waals surface area (Å²) < 4.78 is 24.8. The highest BCUT2D eigenvalue weighted by atomic mass is 32.1. The number of carbonyl (C=O) groups is 1. The predicted octanol–water partition coefficient (Wildman–Crippen LogP) is 4.78. The van der Waals surface area contributed by atoms with Crippen LogP contribution >= 0.6 is 11.3 Å². The van der Waals surface area contributed by atoms with Gasteiger partial charge < -0.3 is 18.9 Å². The summed E-state index contributed by atoms with van der Waals surface area (Å²) in [5.41, 5.74) is 3.00. The number of rotatable bonds is 10. The first-order valence-corrected chi connectivity index (χ1v) is 14.5. The van der Waals surface area contributed by atoms with E-state index in [9.17, 15) is 9.59 Å². The van der Waals surface area contributed by atoms with E-state index in [1.54, 1.807) is 37.7 Å². The predicted molar refractivity (Wildman–Crippen MR) is 162 cm³/mol. The van der Waals surface area contributed by atoms with Gasteiger partial charge in [0.15, 0.2) is 16.3 Å². The molecule has 0 aliphatic carbocycles.